The summed E-state index contributed by atoms with van der Waals surface area (Å²) in [5, 5.41) is 5.31. The van der Waals surface area contributed by atoms with Crippen LogP contribution in [0.3, 0.4) is 0 Å². The number of hydrogen-bond acceptors (Lipinski definition) is 5. The Bertz CT molecular complexity index is 1390. The molecule has 1 aliphatic rings. The number of nitrogens with zero attached hydrogens (tertiary/aromatic N) is 2. The highest BCUT2D eigenvalue weighted by atomic mass is 19.4. The van der Waals surface area contributed by atoms with Crippen molar-refractivity contribution in [2.24, 2.45) is 5.92 Å². The van der Waals surface area contributed by atoms with Gasteiger partial charge in [0.1, 0.15) is 5.65 Å². The molecule has 194 valence electrons. The lowest BCUT2D eigenvalue weighted by Gasteiger charge is -2.13. The fourth-order valence-electron chi connectivity index (χ4n) is 4.14. The summed E-state index contributed by atoms with van der Waals surface area (Å²) in [6.07, 6.45) is -1.61. The van der Waals surface area contributed by atoms with E-state index < -0.39 is 29.6 Å². The predicted octanol–water partition coefficient (Wildman–Crippen LogP) is 4.39. The van der Waals surface area contributed by atoms with Crippen LogP contribution in [-0.2, 0) is 27.0 Å². The summed E-state index contributed by atoms with van der Waals surface area (Å²) in [4.78, 5) is 41.7. The van der Waals surface area contributed by atoms with Crippen molar-refractivity contribution in [2.45, 2.75) is 33.0 Å². The fourth-order valence-corrected chi connectivity index (χ4v) is 4.14. The fraction of sp³-hybridized carbons (Fsp3) is 0.308. The Labute approximate surface area is 210 Å². The van der Waals surface area contributed by atoms with Crippen molar-refractivity contribution in [1.29, 1.82) is 0 Å². The third-order valence-electron chi connectivity index (χ3n) is 5.73. The van der Waals surface area contributed by atoms with Crippen molar-refractivity contribution in [2.75, 3.05) is 13.2 Å². The first kappa shape index (κ1) is 25.9. The van der Waals surface area contributed by atoms with Crippen LogP contribution in [-0.4, -0.2) is 40.6 Å². The summed E-state index contributed by atoms with van der Waals surface area (Å²) in [6, 6.07) is 7.99. The van der Waals surface area contributed by atoms with Crippen LogP contribution in [0.5, 0.6) is 0 Å². The van der Waals surface area contributed by atoms with Crippen LogP contribution in [0.1, 0.15) is 37.0 Å². The van der Waals surface area contributed by atoms with Gasteiger partial charge >= 0.3 is 12.3 Å². The Morgan fingerprint density at radius 1 is 1.08 bits per heavy atom. The van der Waals surface area contributed by atoms with Crippen molar-refractivity contribution in [1.82, 2.24) is 20.2 Å². The minimum Gasteiger partial charge on any atom is -0.449 e. The number of amides is 3. The molecule has 0 fully saturated rings. The van der Waals surface area contributed by atoms with E-state index in [1.807, 2.05) is 13.8 Å². The van der Waals surface area contributed by atoms with Gasteiger partial charge in [0.05, 0.1) is 23.3 Å². The first-order valence-electron chi connectivity index (χ1n) is 11.7. The number of ether oxygens (including phenoxy) is 1. The number of rotatable bonds is 8. The number of aryl methyl sites for hydroxylation is 1. The number of halogens is 3. The Hall–Kier alpha value is -4.15. The highest BCUT2D eigenvalue weighted by Gasteiger charge is 2.40. The minimum absolute atomic E-state index is 0.145. The second-order valence-electron chi connectivity index (χ2n) is 8.96. The van der Waals surface area contributed by atoms with E-state index in [0.717, 1.165) is 6.07 Å². The predicted molar refractivity (Wildman–Crippen MR) is 130 cm³/mol. The lowest BCUT2D eigenvalue weighted by atomic mass is 9.93. The lowest BCUT2D eigenvalue weighted by molar-refractivity contribution is -0.137. The van der Waals surface area contributed by atoms with Gasteiger partial charge in [-0.1, -0.05) is 32.0 Å². The van der Waals surface area contributed by atoms with E-state index in [2.05, 4.69) is 15.6 Å². The van der Waals surface area contributed by atoms with Gasteiger partial charge in [-0.3, -0.25) is 14.9 Å². The average Bonchev–Trinajstić information content (AvgIpc) is 3.35. The largest absolute Gasteiger partial charge is 0.449 e. The van der Waals surface area contributed by atoms with Crippen LogP contribution < -0.4 is 10.6 Å². The number of alkyl carbamates (subject to hydrolysis) is 1. The molecule has 3 heterocycles. The van der Waals surface area contributed by atoms with E-state index in [0.29, 0.717) is 42.7 Å². The second-order valence-corrected chi connectivity index (χ2v) is 8.96. The first-order chi connectivity index (χ1) is 17.6. The monoisotopic (exact) mass is 514 g/mol. The van der Waals surface area contributed by atoms with Crippen LogP contribution in [0.25, 0.3) is 22.2 Å². The molecule has 1 aromatic carbocycles. The van der Waals surface area contributed by atoms with Gasteiger partial charge < -0.3 is 14.6 Å². The van der Waals surface area contributed by atoms with Crippen LogP contribution in [0.2, 0.25) is 0 Å². The summed E-state index contributed by atoms with van der Waals surface area (Å²) in [5.74, 6) is -1.47. The maximum atomic E-state index is 13.7. The number of hydrogen-bond donors (Lipinski definition) is 2. The summed E-state index contributed by atoms with van der Waals surface area (Å²) < 4.78 is 48.0. The van der Waals surface area contributed by atoms with Gasteiger partial charge in [-0.25, -0.2) is 9.78 Å². The zero-order chi connectivity index (χ0) is 26.7. The molecular formula is C26H25F3N4O4. The molecule has 3 amide bonds. The molecule has 0 saturated carbocycles. The molecule has 2 aromatic heterocycles. The Balaban J connectivity index is 1.69. The Morgan fingerprint density at radius 3 is 2.49 bits per heavy atom. The third-order valence-corrected chi connectivity index (χ3v) is 5.73. The van der Waals surface area contributed by atoms with Gasteiger partial charge in [-0.15, -0.1) is 0 Å². The number of carbonyl (C=O) groups is 3. The number of fused-ring (bicyclic) bond motifs is 1. The maximum Gasteiger partial charge on any atom is 0.417 e. The van der Waals surface area contributed by atoms with E-state index in [-0.39, 0.29) is 22.6 Å². The third kappa shape index (κ3) is 5.50. The minimum atomic E-state index is -4.72. The van der Waals surface area contributed by atoms with Gasteiger partial charge in [-0.2, -0.15) is 13.2 Å². The average molecular weight is 515 g/mol. The topological polar surface area (TPSA) is 102 Å². The molecule has 1 aliphatic heterocycles. The highest BCUT2D eigenvalue weighted by Crippen LogP contribution is 2.40. The Kier molecular flexibility index (Phi) is 7.33. The molecule has 3 aromatic rings. The van der Waals surface area contributed by atoms with Crippen molar-refractivity contribution in [3.05, 3.63) is 65.5 Å². The molecule has 0 radical (unpaired) electrons. The molecule has 0 aliphatic carbocycles. The van der Waals surface area contributed by atoms with Gasteiger partial charge in [0.15, 0.2) is 0 Å². The van der Waals surface area contributed by atoms with Gasteiger partial charge in [-0.05, 0) is 30.5 Å². The Morgan fingerprint density at radius 2 is 1.78 bits per heavy atom. The molecule has 0 unspecified atom stereocenters. The molecular weight excluding hydrogens is 489 g/mol. The van der Waals surface area contributed by atoms with E-state index in [4.69, 9.17) is 4.74 Å². The van der Waals surface area contributed by atoms with E-state index in [9.17, 15) is 27.6 Å². The number of aromatic nitrogens is 2. The summed E-state index contributed by atoms with van der Waals surface area (Å²) >= 11 is 0. The van der Waals surface area contributed by atoms with Crippen molar-refractivity contribution < 1.29 is 32.3 Å². The van der Waals surface area contributed by atoms with Crippen LogP contribution in [0, 0.1) is 5.92 Å². The SMILES string of the molecule is CC(C)COC(=O)NCCCn1cc(C2=C(c3ccccc3C(F)(F)F)C(=O)NC2=O)c2cccnc21. The molecule has 2 N–H and O–H groups in total. The quantitative estimate of drug-likeness (QED) is 0.343. The number of pyridine rings is 1. The number of imide groups is 1. The van der Waals surface area contributed by atoms with Crippen LogP contribution >= 0.6 is 0 Å². The highest BCUT2D eigenvalue weighted by molar-refractivity contribution is 6.50. The molecule has 0 bridgehead atoms. The number of benzene rings is 1. The van der Waals surface area contributed by atoms with Crippen molar-refractivity contribution in [3.63, 3.8) is 0 Å². The molecule has 0 spiro atoms. The van der Waals surface area contributed by atoms with Gasteiger partial charge in [0.25, 0.3) is 11.8 Å². The molecule has 8 nitrogen and oxygen atoms in total. The molecule has 4 rings (SSSR count). The van der Waals surface area contributed by atoms with E-state index in [1.54, 1.807) is 29.1 Å². The van der Waals surface area contributed by atoms with Crippen molar-refractivity contribution in [3.8, 4) is 0 Å². The standard InChI is InChI=1S/C26H25F3N4O4/c1-15(2)14-37-25(36)31-11-6-12-33-13-18(16-8-5-10-30-22(16)33)21-20(23(34)32-24(21)35)17-7-3-4-9-19(17)26(27,28)29/h3-5,7-10,13,15H,6,11-12,14H2,1-2H3,(H,31,36)(H,32,34,35). The zero-order valence-electron chi connectivity index (χ0n) is 20.2. The molecule has 11 heteroatoms. The summed E-state index contributed by atoms with van der Waals surface area (Å²) in [5.41, 5.74) is -1.08. The molecule has 0 atom stereocenters. The van der Waals surface area contributed by atoms with E-state index in [1.165, 1.54) is 18.2 Å². The van der Waals surface area contributed by atoms with Crippen LogP contribution in [0.4, 0.5) is 18.0 Å². The lowest BCUT2D eigenvalue weighted by Crippen LogP contribution is -2.27. The number of nitrogens with one attached hydrogen (secondary N) is 2. The summed E-state index contributed by atoms with van der Waals surface area (Å²) in [7, 11) is 0. The van der Waals surface area contributed by atoms with Crippen molar-refractivity contribution >= 4 is 40.1 Å². The summed E-state index contributed by atoms with van der Waals surface area (Å²) in [6.45, 7) is 4.85. The number of carbonyl (C=O) groups excluding carboxylic acids is 3. The van der Waals surface area contributed by atoms with Gasteiger partial charge in [0, 0.05) is 42.0 Å². The normalized spacial score (nSPS) is 14.0. The number of alkyl halides is 3. The molecule has 37 heavy (non-hydrogen) atoms. The zero-order valence-corrected chi connectivity index (χ0v) is 20.2. The maximum absolute atomic E-state index is 13.7. The van der Waals surface area contributed by atoms with E-state index >= 15 is 0 Å². The van der Waals surface area contributed by atoms with Gasteiger partial charge in [0.2, 0.25) is 0 Å². The smallest absolute Gasteiger partial charge is 0.417 e. The molecule has 0 saturated heterocycles. The first-order valence-corrected chi connectivity index (χ1v) is 11.7. The van der Waals surface area contributed by atoms with Crippen LogP contribution in [0.15, 0.2) is 48.8 Å². The second kappa shape index (κ2) is 10.5.